The first kappa shape index (κ1) is 13.9. The van der Waals surface area contributed by atoms with E-state index in [1.807, 2.05) is 0 Å². The highest BCUT2D eigenvalue weighted by Gasteiger charge is 2.28. The Labute approximate surface area is 90.4 Å². The lowest BCUT2D eigenvalue weighted by Crippen LogP contribution is -2.49. The van der Waals surface area contributed by atoms with Crippen molar-refractivity contribution in [2.45, 2.75) is 25.6 Å². The summed E-state index contributed by atoms with van der Waals surface area (Å²) in [6.07, 6.45) is -4.00. The summed E-state index contributed by atoms with van der Waals surface area (Å²) in [5.74, 6) is 0. The quantitative estimate of drug-likeness (QED) is 0.643. The molecule has 0 aliphatic heterocycles. The van der Waals surface area contributed by atoms with Gasteiger partial charge in [-0.25, -0.2) is 4.79 Å². The Bertz CT molecular complexity index is 244. The summed E-state index contributed by atoms with van der Waals surface area (Å²) in [4.78, 5) is 11.0. The maximum Gasteiger partial charge on any atom is 0.405 e. The number of amides is 2. The fourth-order valence-corrected chi connectivity index (χ4v) is 0.990. The van der Waals surface area contributed by atoms with Crippen molar-refractivity contribution in [3.05, 3.63) is 0 Å². The summed E-state index contributed by atoms with van der Waals surface area (Å²) in [6.45, 7) is 0.320. The molecule has 0 bridgehead atoms. The number of hydrogen-bond donors (Lipinski definition) is 3. The Morgan fingerprint density at radius 1 is 1.53 bits per heavy atom. The van der Waals surface area contributed by atoms with Gasteiger partial charge in [-0.3, -0.25) is 0 Å². The fourth-order valence-electron chi connectivity index (χ4n) is 0.764. The lowest BCUT2D eigenvalue weighted by molar-refractivity contribution is -0.122. The van der Waals surface area contributed by atoms with Crippen LogP contribution >= 0.6 is 12.2 Å². The lowest BCUT2D eigenvalue weighted by atomic mass is 10.2. The molecule has 2 amide bonds. The molecule has 4 N–H and O–H groups in total. The topological polar surface area (TPSA) is 67.2 Å². The van der Waals surface area contributed by atoms with Crippen molar-refractivity contribution in [3.63, 3.8) is 0 Å². The Morgan fingerprint density at radius 2 is 2.07 bits per heavy atom. The van der Waals surface area contributed by atoms with Crippen molar-refractivity contribution >= 4 is 23.2 Å². The van der Waals surface area contributed by atoms with Gasteiger partial charge in [0.05, 0.1) is 11.0 Å². The number of carbonyl (C=O) groups is 1. The lowest BCUT2D eigenvalue weighted by Gasteiger charge is -2.16. The molecule has 4 nitrogen and oxygen atoms in total. The minimum atomic E-state index is -4.43. The number of urea groups is 1. The third-order valence-corrected chi connectivity index (χ3v) is 1.79. The summed E-state index contributed by atoms with van der Waals surface area (Å²) in [7, 11) is 0. The van der Waals surface area contributed by atoms with E-state index in [1.54, 1.807) is 12.2 Å². The molecule has 0 fully saturated rings. The van der Waals surface area contributed by atoms with Gasteiger partial charge in [0.25, 0.3) is 0 Å². The molecule has 15 heavy (non-hydrogen) atoms. The zero-order valence-electron chi connectivity index (χ0n) is 8.02. The number of carbonyl (C=O) groups excluding carboxylic acids is 1. The van der Waals surface area contributed by atoms with Crippen LogP contribution < -0.4 is 16.4 Å². The third kappa shape index (κ3) is 6.95. The van der Waals surface area contributed by atoms with Crippen molar-refractivity contribution < 1.29 is 18.0 Å². The first-order valence-corrected chi connectivity index (χ1v) is 4.57. The number of halogens is 3. The molecule has 0 aromatic rings. The molecule has 0 aromatic heterocycles. The molecule has 0 rings (SSSR count). The highest BCUT2D eigenvalue weighted by molar-refractivity contribution is 7.80. The molecule has 0 radical (unpaired) electrons. The molecular formula is C7H12F3N3OS. The highest BCUT2D eigenvalue weighted by atomic mass is 32.1. The van der Waals surface area contributed by atoms with Gasteiger partial charge in [-0.2, -0.15) is 13.2 Å². The van der Waals surface area contributed by atoms with Crippen LogP contribution in [0.2, 0.25) is 0 Å². The zero-order chi connectivity index (χ0) is 12.1. The molecule has 88 valence electrons. The first-order chi connectivity index (χ1) is 6.76. The van der Waals surface area contributed by atoms with E-state index in [2.05, 4.69) is 17.5 Å². The van der Waals surface area contributed by atoms with Gasteiger partial charge in [-0.15, -0.1) is 0 Å². The molecule has 8 heteroatoms. The van der Waals surface area contributed by atoms with Gasteiger partial charge in [0.1, 0.15) is 6.54 Å². The summed E-state index contributed by atoms with van der Waals surface area (Å²) in [5, 5.41) is 3.87. The number of rotatable bonds is 4. The van der Waals surface area contributed by atoms with Crippen LogP contribution in [0, 0.1) is 0 Å². The average molecular weight is 243 g/mol. The second-order valence-corrected chi connectivity index (χ2v) is 3.28. The van der Waals surface area contributed by atoms with Crippen LogP contribution in [-0.2, 0) is 0 Å². The van der Waals surface area contributed by atoms with Crippen molar-refractivity contribution in [3.8, 4) is 0 Å². The van der Waals surface area contributed by atoms with Crippen molar-refractivity contribution in [1.82, 2.24) is 10.6 Å². The Hall–Kier alpha value is -1.05. The minimum Gasteiger partial charge on any atom is -0.392 e. The van der Waals surface area contributed by atoms with E-state index in [4.69, 9.17) is 5.73 Å². The molecule has 0 heterocycles. The summed E-state index contributed by atoms with van der Waals surface area (Å²) >= 11 is 4.61. The number of thiocarbonyl (C=S) groups is 1. The number of nitrogens with two attached hydrogens (primary N) is 1. The largest absolute Gasteiger partial charge is 0.405 e. The molecule has 1 atom stereocenters. The molecular weight excluding hydrogens is 231 g/mol. The molecule has 0 aliphatic rings. The van der Waals surface area contributed by atoms with Crippen molar-refractivity contribution in [2.24, 2.45) is 5.73 Å². The van der Waals surface area contributed by atoms with Crippen LogP contribution in [0.4, 0.5) is 18.0 Å². The average Bonchev–Trinajstić information content (AvgIpc) is 2.09. The Morgan fingerprint density at radius 3 is 2.40 bits per heavy atom. The standard InChI is InChI=1S/C7H12F3N3OS/c1-2-4(5(11)15)13-6(14)12-3-7(8,9)10/h4H,2-3H2,1H3,(H2,11,15)(H2,12,13,14). The smallest absolute Gasteiger partial charge is 0.392 e. The van der Waals surface area contributed by atoms with E-state index in [0.29, 0.717) is 6.42 Å². The molecule has 0 aliphatic carbocycles. The second kappa shape index (κ2) is 5.74. The maximum atomic E-state index is 11.7. The highest BCUT2D eigenvalue weighted by Crippen LogP contribution is 2.11. The SMILES string of the molecule is CCC(NC(=O)NCC(F)(F)F)C(N)=S. The molecule has 1 unspecified atom stereocenters. The number of hydrogen-bond acceptors (Lipinski definition) is 2. The molecule has 0 spiro atoms. The van der Waals surface area contributed by atoms with Gasteiger partial charge >= 0.3 is 12.2 Å². The van der Waals surface area contributed by atoms with Crippen LogP contribution in [0.25, 0.3) is 0 Å². The summed E-state index contributed by atoms with van der Waals surface area (Å²) in [6, 6.07) is -1.53. The first-order valence-electron chi connectivity index (χ1n) is 4.16. The van der Waals surface area contributed by atoms with Gasteiger partial charge in [-0.05, 0) is 6.42 Å². The van der Waals surface area contributed by atoms with Crippen LogP contribution in [0.5, 0.6) is 0 Å². The van der Waals surface area contributed by atoms with Crippen LogP contribution in [0.15, 0.2) is 0 Å². The molecule has 0 saturated carbocycles. The monoisotopic (exact) mass is 243 g/mol. The van der Waals surface area contributed by atoms with Crippen LogP contribution in [0.1, 0.15) is 13.3 Å². The van der Waals surface area contributed by atoms with Crippen LogP contribution in [0.3, 0.4) is 0 Å². The van der Waals surface area contributed by atoms with E-state index in [-0.39, 0.29) is 4.99 Å². The van der Waals surface area contributed by atoms with Crippen molar-refractivity contribution in [2.75, 3.05) is 6.54 Å². The van der Waals surface area contributed by atoms with Crippen LogP contribution in [-0.4, -0.2) is 29.8 Å². The summed E-state index contributed by atoms with van der Waals surface area (Å²) in [5.41, 5.74) is 5.24. The van der Waals surface area contributed by atoms with Gasteiger partial charge in [0.15, 0.2) is 0 Å². The van der Waals surface area contributed by atoms with E-state index in [9.17, 15) is 18.0 Å². The second-order valence-electron chi connectivity index (χ2n) is 2.81. The van der Waals surface area contributed by atoms with E-state index in [0.717, 1.165) is 0 Å². The maximum absolute atomic E-state index is 11.7. The predicted molar refractivity (Wildman–Crippen MR) is 53.5 cm³/mol. The predicted octanol–water partition coefficient (Wildman–Crippen LogP) is 0.913. The number of alkyl halides is 3. The fraction of sp³-hybridized carbons (Fsp3) is 0.714. The van der Waals surface area contributed by atoms with Crippen molar-refractivity contribution in [1.29, 1.82) is 0 Å². The normalized spacial score (nSPS) is 13.1. The number of nitrogens with one attached hydrogen (secondary N) is 2. The van der Waals surface area contributed by atoms with E-state index < -0.39 is 24.8 Å². The third-order valence-electron chi connectivity index (χ3n) is 1.51. The summed E-state index contributed by atoms with van der Waals surface area (Å²) < 4.78 is 35.1. The van der Waals surface area contributed by atoms with E-state index in [1.165, 1.54) is 0 Å². The molecule has 0 aromatic carbocycles. The molecule has 0 saturated heterocycles. The van der Waals surface area contributed by atoms with Gasteiger partial charge in [0, 0.05) is 0 Å². The minimum absolute atomic E-state index is 0.0414. The van der Waals surface area contributed by atoms with Gasteiger partial charge in [-0.1, -0.05) is 19.1 Å². The Kier molecular flexibility index (Phi) is 5.34. The Balaban J connectivity index is 3.98. The van der Waals surface area contributed by atoms with Gasteiger partial charge in [0.2, 0.25) is 0 Å². The zero-order valence-corrected chi connectivity index (χ0v) is 8.84. The van der Waals surface area contributed by atoms with E-state index >= 15 is 0 Å². The van der Waals surface area contributed by atoms with Gasteiger partial charge < -0.3 is 16.4 Å².